The molecule has 6 heterocycles. The standard InChI is InChI=1S/C46H45Cl2FN10O6S/c1-24-35-25(2)39(48)40(38(24)47)64-32(20-52-15-14-51-3)22-62-31-8-9-33(63-21-30-10-12-53-42(59-30)28-18-55-46(56-19-28)54-13-11-50)27(16-31)17-34(45(60)61)65-43-37-36(35)41(66-44(37)58-23-57-43)26-4-6-29(49)7-5-26/h4-10,12,16,18-19,23,32,34,51-52H,11,13-15,17,20-22,50H2,1-3H3,(H,60,61)(H,54,55,56)/t32-,34-/m1/s1. The van der Waals surface area contributed by atoms with Gasteiger partial charge in [0, 0.05) is 73.7 Å². The molecule has 16 nitrogen and oxygen atoms in total. The topological polar surface area (TPSA) is 214 Å². The van der Waals surface area contributed by atoms with Crippen LogP contribution in [0.2, 0.25) is 10.0 Å². The van der Waals surface area contributed by atoms with Gasteiger partial charge in [0.2, 0.25) is 17.9 Å². The predicted molar refractivity (Wildman–Crippen MR) is 252 cm³/mol. The average molecular weight is 956 g/mol. The summed E-state index contributed by atoms with van der Waals surface area (Å²) in [6, 6.07) is 12.9. The number of ether oxygens (including phenoxy) is 4. The molecule has 9 rings (SSSR count). The first-order chi connectivity index (χ1) is 32.0. The minimum atomic E-state index is -1.49. The second kappa shape index (κ2) is 20.9. The summed E-state index contributed by atoms with van der Waals surface area (Å²) in [6.45, 7) is 6.44. The number of nitrogens with two attached hydrogens (primary N) is 1. The number of aromatic nitrogens is 6. The van der Waals surface area contributed by atoms with E-state index in [1.54, 1.807) is 55.0 Å². The quantitative estimate of drug-likeness (QED) is 0.0676. The number of nitrogens with one attached hydrogen (secondary N) is 3. The Morgan fingerprint density at radius 1 is 0.955 bits per heavy atom. The third kappa shape index (κ3) is 10.2. The van der Waals surface area contributed by atoms with E-state index in [1.807, 2.05) is 20.9 Å². The summed E-state index contributed by atoms with van der Waals surface area (Å²) in [7, 11) is 1.87. The van der Waals surface area contributed by atoms with Gasteiger partial charge in [0.15, 0.2) is 11.6 Å². The number of carbonyl (C=O) groups is 1. The number of aliphatic carboxylic acids is 1. The van der Waals surface area contributed by atoms with E-state index < -0.39 is 24.0 Å². The van der Waals surface area contributed by atoms with Gasteiger partial charge in [0.25, 0.3) is 0 Å². The molecule has 6 N–H and O–H groups in total. The fourth-order valence-corrected chi connectivity index (χ4v) is 9.03. The Morgan fingerprint density at radius 3 is 2.45 bits per heavy atom. The summed E-state index contributed by atoms with van der Waals surface area (Å²) >= 11 is 15.8. The Kier molecular flexibility index (Phi) is 14.7. The van der Waals surface area contributed by atoms with Gasteiger partial charge < -0.3 is 45.7 Å². The van der Waals surface area contributed by atoms with E-state index in [0.717, 1.165) is 0 Å². The Bertz CT molecular complexity index is 2830. The Balaban J connectivity index is 1.21. The highest BCUT2D eigenvalue weighted by atomic mass is 35.5. The molecule has 2 aliphatic rings. The number of hydrogen-bond donors (Lipinski definition) is 5. The molecule has 0 saturated carbocycles. The monoisotopic (exact) mass is 954 g/mol. The van der Waals surface area contributed by atoms with Crippen LogP contribution < -0.4 is 40.6 Å². The van der Waals surface area contributed by atoms with Crippen molar-refractivity contribution in [1.82, 2.24) is 40.5 Å². The molecule has 0 fully saturated rings. The van der Waals surface area contributed by atoms with Gasteiger partial charge in [-0.2, -0.15) is 0 Å². The zero-order valence-corrected chi connectivity index (χ0v) is 38.4. The van der Waals surface area contributed by atoms with Crippen molar-refractivity contribution >= 4 is 56.7 Å². The maximum atomic E-state index is 14.3. The lowest BCUT2D eigenvalue weighted by Gasteiger charge is -2.25. The van der Waals surface area contributed by atoms with Crippen LogP contribution in [0.1, 0.15) is 22.4 Å². The molecule has 7 aromatic rings. The molecule has 0 unspecified atom stereocenters. The van der Waals surface area contributed by atoms with Crippen LogP contribution in [0, 0.1) is 19.7 Å². The fraction of sp³-hybridized carbons (Fsp3) is 0.283. The lowest BCUT2D eigenvalue weighted by atomic mass is 9.92. The summed E-state index contributed by atoms with van der Waals surface area (Å²) in [6.07, 6.45) is 3.88. The number of hydrogen-bond acceptors (Lipinski definition) is 16. The summed E-state index contributed by atoms with van der Waals surface area (Å²) in [5.41, 5.74) is 10.3. The van der Waals surface area contributed by atoms with E-state index in [-0.39, 0.29) is 41.3 Å². The maximum Gasteiger partial charge on any atom is 0.345 e. The van der Waals surface area contributed by atoms with Crippen molar-refractivity contribution in [2.24, 2.45) is 5.73 Å². The summed E-state index contributed by atoms with van der Waals surface area (Å²) in [5, 5.41) is 21.3. The van der Waals surface area contributed by atoms with Crippen molar-refractivity contribution in [1.29, 1.82) is 0 Å². The molecule has 0 aliphatic carbocycles. The molecule has 2 aliphatic heterocycles. The number of thiophene rings is 1. The van der Waals surface area contributed by atoms with Gasteiger partial charge in [-0.15, -0.1) is 11.3 Å². The molecule has 20 heteroatoms. The largest absolute Gasteiger partial charge is 0.490 e. The van der Waals surface area contributed by atoms with Crippen molar-refractivity contribution < 1.29 is 33.2 Å². The highest BCUT2D eigenvalue weighted by Gasteiger charge is 2.31. The zero-order chi connectivity index (χ0) is 46.3. The summed E-state index contributed by atoms with van der Waals surface area (Å²) in [5.74, 6) is 0.205. The second-order valence-corrected chi connectivity index (χ2v) is 17.0. The molecule has 4 bridgehead atoms. The fourth-order valence-electron chi connectivity index (χ4n) is 7.37. The van der Waals surface area contributed by atoms with Crippen LogP contribution >= 0.6 is 34.5 Å². The van der Waals surface area contributed by atoms with Gasteiger partial charge in [-0.25, -0.2) is 39.1 Å². The Morgan fingerprint density at radius 2 is 1.73 bits per heavy atom. The Hall–Kier alpha value is -6.28. The number of benzene rings is 3. The van der Waals surface area contributed by atoms with Gasteiger partial charge in [-0.05, 0) is 79.5 Å². The minimum Gasteiger partial charge on any atom is -0.490 e. The van der Waals surface area contributed by atoms with Crippen LogP contribution in [-0.4, -0.2) is 99.6 Å². The van der Waals surface area contributed by atoms with Crippen molar-refractivity contribution in [3.05, 3.63) is 112 Å². The molecule has 0 amide bonds. The predicted octanol–water partition coefficient (Wildman–Crippen LogP) is 7.31. The summed E-state index contributed by atoms with van der Waals surface area (Å²) < 4.78 is 40.2. The van der Waals surface area contributed by atoms with Gasteiger partial charge >= 0.3 is 5.97 Å². The zero-order valence-electron chi connectivity index (χ0n) is 36.0. The number of nitrogens with zero attached hydrogens (tertiary/aromatic N) is 6. The van der Waals surface area contributed by atoms with Gasteiger partial charge in [0.1, 0.15) is 47.8 Å². The highest BCUT2D eigenvalue weighted by Crippen LogP contribution is 2.53. The molecule has 66 heavy (non-hydrogen) atoms. The molecule has 342 valence electrons. The normalized spacial score (nSPS) is 14.8. The molecular weight excluding hydrogens is 911 g/mol. The van der Waals surface area contributed by atoms with E-state index in [2.05, 4.69) is 45.9 Å². The van der Waals surface area contributed by atoms with Crippen molar-refractivity contribution in [2.75, 3.05) is 51.7 Å². The number of rotatable bonds is 14. The highest BCUT2D eigenvalue weighted by molar-refractivity contribution is 7.22. The number of anilines is 1. The van der Waals surface area contributed by atoms with Crippen LogP contribution in [0.3, 0.4) is 0 Å². The number of fused-ring (bicyclic) bond motifs is 7. The first-order valence-electron chi connectivity index (χ1n) is 20.9. The number of likely N-dealkylation sites (N-methyl/N-ethyl adjacent to an activating group) is 1. The van der Waals surface area contributed by atoms with E-state index >= 15 is 0 Å². The number of carboxylic acids is 1. The third-order valence-corrected chi connectivity index (χ3v) is 12.7. The molecule has 0 spiro atoms. The number of halogens is 3. The van der Waals surface area contributed by atoms with E-state index in [9.17, 15) is 14.3 Å². The SMILES string of the molecule is CNCCNC[C@@H]1COc2ccc(OCc3ccnc(-c4cnc(NCCN)nc4)n3)c(c2)C[C@H](C(=O)O)Oc2ncnc3sc(-c4ccc(F)cc4)c(c23)-c2c(C)c(Cl)c(c(Cl)c2C)O1. The van der Waals surface area contributed by atoms with Crippen molar-refractivity contribution in [3.8, 4) is 56.1 Å². The van der Waals surface area contributed by atoms with Crippen LogP contribution in [0.4, 0.5) is 10.3 Å². The third-order valence-electron chi connectivity index (χ3n) is 10.7. The molecular formula is C46H45Cl2FN10O6S. The lowest BCUT2D eigenvalue weighted by molar-refractivity contribution is -0.145. The molecule has 0 radical (unpaired) electrons. The van der Waals surface area contributed by atoms with Gasteiger partial charge in [-0.1, -0.05) is 35.3 Å². The number of carboxylic acid groups (broad SMARTS) is 1. The van der Waals surface area contributed by atoms with E-state index in [4.69, 9.17) is 47.9 Å². The first kappa shape index (κ1) is 46.3. The smallest absolute Gasteiger partial charge is 0.345 e. The maximum absolute atomic E-state index is 14.3. The van der Waals surface area contributed by atoms with Crippen LogP contribution in [0.5, 0.6) is 23.1 Å². The molecule has 4 aromatic heterocycles. The van der Waals surface area contributed by atoms with Crippen LogP contribution in [0.15, 0.2) is 73.4 Å². The Labute approximate surface area is 393 Å². The van der Waals surface area contributed by atoms with Gasteiger partial charge in [-0.3, -0.25) is 0 Å². The second-order valence-electron chi connectivity index (χ2n) is 15.2. The van der Waals surface area contributed by atoms with E-state index in [1.165, 1.54) is 29.8 Å². The van der Waals surface area contributed by atoms with Gasteiger partial charge in [0.05, 0.1) is 26.7 Å². The van der Waals surface area contributed by atoms with Crippen molar-refractivity contribution in [3.63, 3.8) is 0 Å². The average Bonchev–Trinajstić information content (AvgIpc) is 3.71. The summed E-state index contributed by atoms with van der Waals surface area (Å²) in [4.78, 5) is 41.3. The first-order valence-corrected chi connectivity index (χ1v) is 22.5. The van der Waals surface area contributed by atoms with Crippen LogP contribution in [-0.2, 0) is 17.8 Å². The molecule has 2 atom stereocenters. The molecule has 3 aromatic carbocycles. The lowest BCUT2D eigenvalue weighted by Crippen LogP contribution is -2.38. The molecule has 0 saturated heterocycles. The van der Waals surface area contributed by atoms with Crippen molar-refractivity contribution in [2.45, 2.75) is 39.1 Å². The van der Waals surface area contributed by atoms with E-state index in [0.29, 0.717) is 116 Å². The van der Waals surface area contributed by atoms with Crippen LogP contribution in [0.25, 0.3) is 43.2 Å². The minimum absolute atomic E-state index is 0.000911.